The first kappa shape index (κ1) is 16.9. The molecule has 1 amide bonds. The quantitative estimate of drug-likeness (QED) is 0.832. The van der Waals surface area contributed by atoms with E-state index >= 15 is 0 Å². The van der Waals surface area contributed by atoms with Crippen LogP contribution in [0, 0.1) is 0 Å². The molecule has 0 radical (unpaired) electrons. The molecule has 1 atom stereocenters. The molecule has 4 heteroatoms. The van der Waals surface area contributed by atoms with Crippen LogP contribution in [0.5, 0.6) is 0 Å². The van der Waals surface area contributed by atoms with E-state index in [1.165, 1.54) is 0 Å². The van der Waals surface area contributed by atoms with Crippen molar-refractivity contribution in [3.8, 4) is 0 Å². The molecule has 112 valence electrons. The third-order valence-corrected chi connectivity index (χ3v) is 3.97. The van der Waals surface area contributed by atoms with Gasteiger partial charge in [0.1, 0.15) is 0 Å². The standard InChI is InChI=1S/C16H26N2OS/c1-12(2)17-15-9-7-6-8-14(15)16(19)18(4)13(3)10-11-20-5/h6-9,12-13,17H,10-11H2,1-5H3. The highest BCUT2D eigenvalue weighted by molar-refractivity contribution is 7.98. The molecule has 0 bridgehead atoms. The van der Waals surface area contributed by atoms with E-state index in [-0.39, 0.29) is 11.9 Å². The molecular formula is C16H26N2OS. The molecule has 0 aliphatic heterocycles. The minimum Gasteiger partial charge on any atom is -0.382 e. The lowest BCUT2D eigenvalue weighted by molar-refractivity contribution is 0.0742. The Balaban J connectivity index is 2.85. The van der Waals surface area contributed by atoms with Gasteiger partial charge in [0, 0.05) is 24.8 Å². The van der Waals surface area contributed by atoms with Gasteiger partial charge in [-0.3, -0.25) is 4.79 Å². The third-order valence-electron chi connectivity index (χ3n) is 3.32. The Kier molecular flexibility index (Phi) is 6.93. The predicted octanol–water partition coefficient (Wildman–Crippen LogP) is 3.72. The zero-order valence-electron chi connectivity index (χ0n) is 13.1. The number of para-hydroxylation sites is 1. The number of carbonyl (C=O) groups excluding carboxylic acids is 1. The van der Waals surface area contributed by atoms with Gasteiger partial charge >= 0.3 is 0 Å². The van der Waals surface area contributed by atoms with Gasteiger partial charge in [-0.15, -0.1) is 0 Å². The number of nitrogens with zero attached hydrogens (tertiary/aromatic N) is 1. The molecule has 1 rings (SSSR count). The summed E-state index contributed by atoms with van der Waals surface area (Å²) >= 11 is 1.82. The van der Waals surface area contributed by atoms with Gasteiger partial charge in [-0.05, 0) is 51.3 Å². The maximum absolute atomic E-state index is 12.6. The molecule has 1 aromatic rings. The fourth-order valence-electron chi connectivity index (χ4n) is 1.98. The lowest BCUT2D eigenvalue weighted by Gasteiger charge is -2.26. The summed E-state index contributed by atoms with van der Waals surface area (Å²) in [6.45, 7) is 6.25. The monoisotopic (exact) mass is 294 g/mol. The van der Waals surface area contributed by atoms with E-state index in [1.807, 2.05) is 48.0 Å². The predicted molar refractivity (Wildman–Crippen MR) is 89.8 cm³/mol. The first-order valence-corrected chi connectivity index (χ1v) is 8.48. The van der Waals surface area contributed by atoms with Crippen LogP contribution in [0.3, 0.4) is 0 Å². The van der Waals surface area contributed by atoms with Crippen LogP contribution in [0.1, 0.15) is 37.6 Å². The van der Waals surface area contributed by atoms with E-state index < -0.39 is 0 Å². The van der Waals surface area contributed by atoms with Crippen molar-refractivity contribution in [1.82, 2.24) is 4.90 Å². The summed E-state index contributed by atoms with van der Waals surface area (Å²) < 4.78 is 0. The molecule has 1 aromatic carbocycles. The van der Waals surface area contributed by atoms with Crippen molar-refractivity contribution in [2.45, 2.75) is 39.3 Å². The Labute approximate surface area is 127 Å². The number of amides is 1. The van der Waals surface area contributed by atoms with Gasteiger partial charge in [0.2, 0.25) is 0 Å². The van der Waals surface area contributed by atoms with Gasteiger partial charge in [0.25, 0.3) is 5.91 Å². The zero-order chi connectivity index (χ0) is 15.1. The van der Waals surface area contributed by atoms with E-state index in [0.29, 0.717) is 6.04 Å². The van der Waals surface area contributed by atoms with Crippen molar-refractivity contribution < 1.29 is 4.79 Å². The maximum Gasteiger partial charge on any atom is 0.255 e. The lowest BCUT2D eigenvalue weighted by Crippen LogP contribution is -2.36. The summed E-state index contributed by atoms with van der Waals surface area (Å²) in [5.74, 6) is 1.16. The molecule has 0 saturated carbocycles. The van der Waals surface area contributed by atoms with Crippen molar-refractivity contribution in [2.24, 2.45) is 0 Å². The minimum atomic E-state index is 0.0855. The van der Waals surface area contributed by atoms with E-state index in [0.717, 1.165) is 23.4 Å². The topological polar surface area (TPSA) is 32.3 Å². The molecule has 0 heterocycles. The Morgan fingerprint density at radius 2 is 1.95 bits per heavy atom. The van der Waals surface area contributed by atoms with E-state index in [4.69, 9.17) is 0 Å². The van der Waals surface area contributed by atoms with Gasteiger partial charge in [-0.2, -0.15) is 11.8 Å². The van der Waals surface area contributed by atoms with E-state index in [2.05, 4.69) is 32.3 Å². The fourth-order valence-corrected chi connectivity index (χ4v) is 2.56. The molecule has 1 unspecified atom stereocenters. The molecule has 0 aromatic heterocycles. The third kappa shape index (κ3) is 4.75. The number of thioether (sulfide) groups is 1. The molecule has 0 aliphatic rings. The Hall–Kier alpha value is -1.16. The summed E-state index contributed by atoms with van der Waals surface area (Å²) in [6.07, 6.45) is 3.11. The number of nitrogens with one attached hydrogen (secondary N) is 1. The Bertz CT molecular complexity index is 434. The fraction of sp³-hybridized carbons (Fsp3) is 0.562. The van der Waals surface area contributed by atoms with Crippen LogP contribution in [-0.2, 0) is 0 Å². The van der Waals surface area contributed by atoms with Crippen LogP contribution in [0.4, 0.5) is 5.69 Å². The molecule has 1 N–H and O–H groups in total. The Morgan fingerprint density at radius 3 is 2.55 bits per heavy atom. The number of carbonyl (C=O) groups is 1. The second-order valence-electron chi connectivity index (χ2n) is 5.39. The van der Waals surface area contributed by atoms with Crippen molar-refractivity contribution in [3.05, 3.63) is 29.8 Å². The van der Waals surface area contributed by atoms with Gasteiger partial charge < -0.3 is 10.2 Å². The van der Waals surface area contributed by atoms with Gasteiger partial charge in [-0.25, -0.2) is 0 Å². The van der Waals surface area contributed by atoms with E-state index in [1.54, 1.807) is 0 Å². The molecular weight excluding hydrogens is 268 g/mol. The van der Waals surface area contributed by atoms with Crippen LogP contribution in [0.15, 0.2) is 24.3 Å². The normalized spacial score (nSPS) is 12.3. The van der Waals surface area contributed by atoms with Crippen molar-refractivity contribution in [3.63, 3.8) is 0 Å². The number of benzene rings is 1. The van der Waals surface area contributed by atoms with Gasteiger partial charge in [-0.1, -0.05) is 12.1 Å². The first-order chi connectivity index (χ1) is 9.47. The van der Waals surface area contributed by atoms with E-state index in [9.17, 15) is 4.79 Å². The first-order valence-electron chi connectivity index (χ1n) is 7.09. The van der Waals surface area contributed by atoms with Gasteiger partial charge in [0.05, 0.1) is 5.56 Å². The van der Waals surface area contributed by atoms with Gasteiger partial charge in [0.15, 0.2) is 0 Å². The molecule has 0 spiro atoms. The average molecular weight is 294 g/mol. The minimum absolute atomic E-state index is 0.0855. The largest absolute Gasteiger partial charge is 0.382 e. The number of anilines is 1. The average Bonchev–Trinajstić information content (AvgIpc) is 2.43. The van der Waals surface area contributed by atoms with Crippen molar-refractivity contribution >= 4 is 23.4 Å². The SMILES string of the molecule is CSCCC(C)N(C)C(=O)c1ccccc1NC(C)C. The van der Waals surface area contributed by atoms with Crippen LogP contribution < -0.4 is 5.32 Å². The lowest BCUT2D eigenvalue weighted by atomic mass is 10.1. The summed E-state index contributed by atoms with van der Waals surface area (Å²) in [7, 11) is 1.89. The highest BCUT2D eigenvalue weighted by Gasteiger charge is 2.19. The summed E-state index contributed by atoms with van der Waals surface area (Å²) in [6, 6.07) is 8.29. The van der Waals surface area contributed by atoms with Crippen LogP contribution >= 0.6 is 11.8 Å². The summed E-state index contributed by atoms with van der Waals surface area (Å²) in [5.41, 5.74) is 1.66. The summed E-state index contributed by atoms with van der Waals surface area (Å²) in [5, 5.41) is 3.34. The van der Waals surface area contributed by atoms with Crippen LogP contribution in [0.25, 0.3) is 0 Å². The molecule has 0 aliphatic carbocycles. The number of rotatable bonds is 7. The molecule has 0 saturated heterocycles. The molecule has 20 heavy (non-hydrogen) atoms. The van der Waals surface area contributed by atoms with Crippen LogP contribution in [0.2, 0.25) is 0 Å². The van der Waals surface area contributed by atoms with Crippen molar-refractivity contribution in [1.29, 1.82) is 0 Å². The zero-order valence-corrected chi connectivity index (χ0v) is 14.0. The second kappa shape index (κ2) is 8.20. The smallest absolute Gasteiger partial charge is 0.255 e. The second-order valence-corrected chi connectivity index (χ2v) is 6.38. The maximum atomic E-state index is 12.6. The number of hydrogen-bond acceptors (Lipinski definition) is 3. The highest BCUT2D eigenvalue weighted by Crippen LogP contribution is 2.19. The molecule has 0 fully saturated rings. The number of hydrogen-bond donors (Lipinski definition) is 1. The Morgan fingerprint density at radius 1 is 1.30 bits per heavy atom. The summed E-state index contributed by atoms with van der Waals surface area (Å²) in [4.78, 5) is 14.5. The van der Waals surface area contributed by atoms with Crippen LogP contribution in [-0.4, -0.2) is 41.9 Å². The van der Waals surface area contributed by atoms with Crippen molar-refractivity contribution in [2.75, 3.05) is 24.4 Å². The highest BCUT2D eigenvalue weighted by atomic mass is 32.2. The molecule has 3 nitrogen and oxygen atoms in total.